The smallest absolute Gasteiger partial charge is 0.311 e. The lowest BCUT2D eigenvalue weighted by atomic mass is 10.1. The van der Waals surface area contributed by atoms with Gasteiger partial charge in [0.2, 0.25) is 0 Å². The third-order valence-electron chi connectivity index (χ3n) is 0.921. The molecule has 0 aromatic carbocycles. The largest absolute Gasteiger partial charge is 0.481 e. The number of rotatable bonds is 3. The second-order valence-electron chi connectivity index (χ2n) is 1.49. The molecule has 0 heterocycles. The summed E-state index contributed by atoms with van der Waals surface area (Å²) >= 11 is 4.44. The van der Waals surface area contributed by atoms with Gasteiger partial charge < -0.3 is 5.11 Å². The van der Waals surface area contributed by atoms with E-state index in [2.05, 4.69) is 12.2 Å². The highest BCUT2D eigenvalue weighted by molar-refractivity contribution is 7.79. The number of carbonyl (C=O) groups is 1. The van der Waals surface area contributed by atoms with Gasteiger partial charge in [-0.15, -0.1) is 0 Å². The first-order valence-electron chi connectivity index (χ1n) is 2.40. The minimum absolute atomic E-state index is 0.440. The number of aliphatic carboxylic acids is 1. The zero-order valence-electron chi connectivity index (χ0n) is 4.63. The third-order valence-corrected chi connectivity index (χ3v) is 1.25. The molecule has 0 aliphatic heterocycles. The summed E-state index contributed by atoms with van der Waals surface area (Å²) in [6.07, 6.45) is 0.582. The minimum atomic E-state index is -0.831. The van der Waals surface area contributed by atoms with Crippen molar-refractivity contribution in [3.05, 3.63) is 0 Å². The minimum Gasteiger partial charge on any atom is -0.481 e. The van der Waals surface area contributed by atoms with Crippen LogP contribution in [0.2, 0.25) is 0 Å². The Hall–Kier alpha value is -0.440. The maximum atomic E-state index is 10.1. The van der Waals surface area contributed by atoms with E-state index in [1.54, 1.807) is 6.92 Å². The Labute approximate surface area is 53.5 Å². The van der Waals surface area contributed by atoms with Gasteiger partial charge in [0, 0.05) is 0 Å². The standard InChI is InChI=1S/C5H8O2S/c1-2-4(3-8)5(6)7/h3-4H,2H2,1H3,(H,6,7). The molecule has 1 N–H and O–H groups in total. The number of hydrogen-bond donors (Lipinski definition) is 1. The van der Waals surface area contributed by atoms with E-state index in [1.807, 2.05) is 0 Å². The van der Waals surface area contributed by atoms with Crippen molar-refractivity contribution in [2.75, 3.05) is 0 Å². The normalized spacial score (nSPS) is 12.6. The SMILES string of the molecule is CCC(C=S)C(=O)O. The van der Waals surface area contributed by atoms with Gasteiger partial charge in [-0.25, -0.2) is 0 Å². The Kier molecular flexibility index (Phi) is 3.35. The first kappa shape index (κ1) is 7.56. The van der Waals surface area contributed by atoms with Gasteiger partial charge in [0.05, 0.1) is 5.92 Å². The van der Waals surface area contributed by atoms with Crippen molar-refractivity contribution >= 4 is 23.6 Å². The fourth-order valence-corrected chi connectivity index (χ4v) is 0.638. The van der Waals surface area contributed by atoms with Crippen LogP contribution in [0.1, 0.15) is 13.3 Å². The van der Waals surface area contributed by atoms with Gasteiger partial charge in [-0.2, -0.15) is 0 Å². The molecule has 1 unspecified atom stereocenters. The average Bonchev–Trinajstić information content (AvgIpc) is 1.69. The lowest BCUT2D eigenvalue weighted by Crippen LogP contribution is -2.12. The molecular weight excluding hydrogens is 124 g/mol. The fourth-order valence-electron chi connectivity index (χ4n) is 0.329. The highest BCUT2D eigenvalue weighted by atomic mass is 32.1. The van der Waals surface area contributed by atoms with Crippen LogP contribution in [0.15, 0.2) is 0 Å². The Morgan fingerprint density at radius 3 is 2.50 bits per heavy atom. The monoisotopic (exact) mass is 132 g/mol. The van der Waals surface area contributed by atoms with Crippen molar-refractivity contribution < 1.29 is 9.90 Å². The lowest BCUT2D eigenvalue weighted by molar-refractivity contribution is -0.139. The number of carboxylic acid groups (broad SMARTS) is 1. The molecule has 1 atom stereocenters. The topological polar surface area (TPSA) is 37.3 Å². The molecular formula is C5H8O2S. The Bertz CT molecular complexity index is 101. The summed E-state index contributed by atoms with van der Waals surface area (Å²) in [5.74, 6) is -1.27. The lowest BCUT2D eigenvalue weighted by Gasteiger charge is -1.97. The van der Waals surface area contributed by atoms with Gasteiger partial charge in [0.1, 0.15) is 0 Å². The van der Waals surface area contributed by atoms with E-state index in [9.17, 15) is 4.79 Å². The Morgan fingerprint density at radius 1 is 2.00 bits per heavy atom. The number of thiocarbonyl (C=S) groups is 1. The molecule has 0 rings (SSSR count). The van der Waals surface area contributed by atoms with Crippen molar-refractivity contribution in [1.82, 2.24) is 0 Å². The van der Waals surface area contributed by atoms with E-state index in [0.29, 0.717) is 6.42 Å². The molecule has 3 heteroatoms. The van der Waals surface area contributed by atoms with Crippen molar-refractivity contribution in [3.8, 4) is 0 Å². The van der Waals surface area contributed by atoms with E-state index in [4.69, 9.17) is 5.11 Å². The van der Waals surface area contributed by atoms with Crippen molar-refractivity contribution in [2.45, 2.75) is 13.3 Å². The summed E-state index contributed by atoms with van der Waals surface area (Å²) in [6.45, 7) is 1.79. The first-order valence-corrected chi connectivity index (χ1v) is 2.87. The summed E-state index contributed by atoms with van der Waals surface area (Å²) in [5.41, 5.74) is 0. The van der Waals surface area contributed by atoms with Gasteiger partial charge in [-0.05, 0) is 11.8 Å². The van der Waals surface area contributed by atoms with E-state index < -0.39 is 11.9 Å². The predicted octanol–water partition coefficient (Wildman–Crippen LogP) is 1.10. The molecule has 46 valence electrons. The van der Waals surface area contributed by atoms with E-state index in [1.165, 1.54) is 5.37 Å². The summed E-state index contributed by atoms with van der Waals surface area (Å²) < 4.78 is 0. The Balaban J connectivity index is 3.69. The molecule has 0 radical (unpaired) electrons. The van der Waals surface area contributed by atoms with Crippen molar-refractivity contribution in [2.24, 2.45) is 5.92 Å². The van der Waals surface area contributed by atoms with Crippen LogP contribution in [0, 0.1) is 5.92 Å². The molecule has 0 fully saturated rings. The second kappa shape index (κ2) is 3.55. The van der Waals surface area contributed by atoms with Crippen LogP contribution in [0.4, 0.5) is 0 Å². The molecule has 0 spiro atoms. The number of hydrogen-bond acceptors (Lipinski definition) is 2. The zero-order valence-corrected chi connectivity index (χ0v) is 5.44. The maximum absolute atomic E-state index is 10.1. The van der Waals surface area contributed by atoms with Crippen LogP contribution in [-0.2, 0) is 4.79 Å². The summed E-state index contributed by atoms with van der Waals surface area (Å²) in [4.78, 5) is 10.1. The van der Waals surface area contributed by atoms with E-state index >= 15 is 0 Å². The van der Waals surface area contributed by atoms with Crippen LogP contribution in [0.25, 0.3) is 0 Å². The van der Waals surface area contributed by atoms with Crippen LogP contribution >= 0.6 is 12.2 Å². The van der Waals surface area contributed by atoms with Crippen LogP contribution in [0.5, 0.6) is 0 Å². The van der Waals surface area contributed by atoms with Gasteiger partial charge in [-0.3, -0.25) is 4.79 Å². The molecule has 0 saturated carbocycles. The molecule has 2 nitrogen and oxygen atoms in total. The van der Waals surface area contributed by atoms with Crippen LogP contribution in [0.3, 0.4) is 0 Å². The van der Waals surface area contributed by atoms with E-state index in [-0.39, 0.29) is 0 Å². The molecule has 0 saturated heterocycles. The van der Waals surface area contributed by atoms with Gasteiger partial charge in [0.15, 0.2) is 0 Å². The molecule has 0 aliphatic carbocycles. The molecule has 0 bridgehead atoms. The summed E-state index contributed by atoms with van der Waals surface area (Å²) in [7, 11) is 0. The highest BCUT2D eigenvalue weighted by Crippen LogP contribution is 1.97. The quantitative estimate of drug-likeness (QED) is 0.584. The third kappa shape index (κ3) is 2.02. The molecule has 0 aliphatic rings. The van der Waals surface area contributed by atoms with E-state index in [0.717, 1.165) is 0 Å². The molecule has 0 aromatic rings. The molecule has 8 heavy (non-hydrogen) atoms. The average molecular weight is 132 g/mol. The zero-order chi connectivity index (χ0) is 6.57. The fraction of sp³-hybridized carbons (Fsp3) is 0.600. The van der Waals surface area contributed by atoms with Crippen LogP contribution < -0.4 is 0 Å². The second-order valence-corrected chi connectivity index (χ2v) is 1.76. The van der Waals surface area contributed by atoms with Crippen molar-refractivity contribution in [1.29, 1.82) is 0 Å². The molecule has 0 amide bonds. The van der Waals surface area contributed by atoms with Crippen LogP contribution in [-0.4, -0.2) is 16.4 Å². The highest BCUT2D eigenvalue weighted by Gasteiger charge is 2.09. The first-order chi connectivity index (χ1) is 3.72. The van der Waals surface area contributed by atoms with Crippen molar-refractivity contribution in [3.63, 3.8) is 0 Å². The summed E-state index contributed by atoms with van der Waals surface area (Å²) in [6, 6.07) is 0. The van der Waals surface area contributed by atoms with Gasteiger partial charge >= 0.3 is 5.97 Å². The number of carboxylic acids is 1. The summed E-state index contributed by atoms with van der Waals surface area (Å²) in [5, 5.41) is 9.56. The van der Waals surface area contributed by atoms with Gasteiger partial charge in [0.25, 0.3) is 0 Å². The Morgan fingerprint density at radius 2 is 2.50 bits per heavy atom. The maximum Gasteiger partial charge on any atom is 0.311 e. The predicted molar refractivity (Wildman–Crippen MR) is 35.1 cm³/mol. The van der Waals surface area contributed by atoms with Gasteiger partial charge in [-0.1, -0.05) is 19.1 Å². The molecule has 0 aromatic heterocycles.